The number of hydrogen-bond acceptors (Lipinski definition) is 3. The fourth-order valence-electron chi connectivity index (χ4n) is 1.82. The summed E-state index contributed by atoms with van der Waals surface area (Å²) >= 11 is 5.70. The normalized spacial score (nSPS) is 10.2. The zero-order chi connectivity index (χ0) is 14.5. The van der Waals surface area contributed by atoms with Crippen LogP contribution in [-0.4, -0.2) is 18.3 Å². The minimum absolute atomic E-state index is 0.0308. The Morgan fingerprint density at radius 1 is 1.25 bits per heavy atom. The van der Waals surface area contributed by atoms with Gasteiger partial charge in [-0.1, -0.05) is 24.3 Å². The maximum absolute atomic E-state index is 12.1. The van der Waals surface area contributed by atoms with Crippen LogP contribution >= 0.6 is 11.6 Å². The molecule has 0 bridgehead atoms. The van der Waals surface area contributed by atoms with Crippen LogP contribution in [0.5, 0.6) is 0 Å². The van der Waals surface area contributed by atoms with Crippen molar-refractivity contribution in [1.82, 2.24) is 4.57 Å². The first kappa shape index (κ1) is 14.4. The van der Waals surface area contributed by atoms with Crippen LogP contribution in [0.25, 0.3) is 0 Å². The number of halogens is 1. The van der Waals surface area contributed by atoms with Gasteiger partial charge in [0.05, 0.1) is 6.54 Å². The maximum atomic E-state index is 12.1. The Hall–Kier alpha value is -2.01. The number of aromatic nitrogens is 1. The van der Waals surface area contributed by atoms with Gasteiger partial charge in [0.15, 0.2) is 5.78 Å². The standard InChI is InChI=1S/C14H14BClN2O2/c15-17-12-5-6-18(14(20)7-12)9-13(19)11-3-1-10(8-16)2-4-11/h1-7,17H,8-9,15H2. The summed E-state index contributed by atoms with van der Waals surface area (Å²) in [5.74, 6) is 0.310. The predicted molar refractivity (Wildman–Crippen MR) is 83.2 cm³/mol. The number of ketones is 1. The van der Waals surface area contributed by atoms with E-state index in [1.165, 1.54) is 10.6 Å². The molecule has 2 aromatic rings. The van der Waals surface area contributed by atoms with Gasteiger partial charge in [0.1, 0.15) is 0 Å². The van der Waals surface area contributed by atoms with Crippen molar-refractivity contribution < 1.29 is 4.79 Å². The van der Waals surface area contributed by atoms with Crippen LogP contribution < -0.4 is 10.8 Å². The highest BCUT2D eigenvalue weighted by Crippen LogP contribution is 2.08. The van der Waals surface area contributed by atoms with E-state index in [0.29, 0.717) is 11.4 Å². The molecule has 0 radical (unpaired) electrons. The molecule has 1 aromatic heterocycles. The van der Waals surface area contributed by atoms with Crippen molar-refractivity contribution in [3.63, 3.8) is 0 Å². The molecule has 0 spiro atoms. The summed E-state index contributed by atoms with van der Waals surface area (Å²) in [6.07, 6.45) is 1.61. The first-order valence-corrected chi connectivity index (χ1v) is 6.74. The number of rotatable bonds is 5. The van der Waals surface area contributed by atoms with E-state index in [2.05, 4.69) is 5.23 Å². The second kappa shape index (κ2) is 6.43. The molecule has 20 heavy (non-hydrogen) atoms. The van der Waals surface area contributed by atoms with Gasteiger partial charge in [0.25, 0.3) is 5.56 Å². The van der Waals surface area contributed by atoms with Gasteiger partial charge in [0, 0.05) is 29.4 Å². The molecule has 102 valence electrons. The number of alkyl halides is 1. The van der Waals surface area contributed by atoms with Gasteiger partial charge in [-0.2, -0.15) is 0 Å². The van der Waals surface area contributed by atoms with Crippen molar-refractivity contribution in [1.29, 1.82) is 0 Å². The van der Waals surface area contributed by atoms with Crippen LogP contribution in [0.3, 0.4) is 0 Å². The van der Waals surface area contributed by atoms with E-state index >= 15 is 0 Å². The quantitative estimate of drug-likeness (QED) is 0.514. The summed E-state index contributed by atoms with van der Waals surface area (Å²) in [5.41, 5.74) is 2.05. The number of carbonyl (C=O) groups excluding carboxylic acids is 1. The maximum Gasteiger partial charge on any atom is 0.252 e. The molecule has 0 atom stereocenters. The molecule has 1 aromatic carbocycles. The molecule has 4 nitrogen and oxygen atoms in total. The Balaban J connectivity index is 2.16. The molecule has 0 saturated carbocycles. The third-order valence-corrected chi connectivity index (χ3v) is 3.34. The molecule has 2 rings (SSSR count). The number of nitrogens with zero attached hydrogens (tertiary/aromatic N) is 1. The van der Waals surface area contributed by atoms with E-state index in [-0.39, 0.29) is 17.9 Å². The fraction of sp³-hybridized carbons (Fsp3) is 0.143. The molecule has 0 aliphatic rings. The Morgan fingerprint density at radius 2 is 1.95 bits per heavy atom. The van der Waals surface area contributed by atoms with Crippen LogP contribution in [0.1, 0.15) is 15.9 Å². The lowest BCUT2D eigenvalue weighted by molar-refractivity contribution is 0.0971. The summed E-state index contributed by atoms with van der Waals surface area (Å²) in [4.78, 5) is 23.9. The second-order valence-corrected chi connectivity index (χ2v) is 4.65. The average molecular weight is 289 g/mol. The number of anilines is 1. The lowest BCUT2D eigenvalue weighted by Crippen LogP contribution is -2.23. The van der Waals surface area contributed by atoms with E-state index in [1.807, 2.05) is 12.1 Å². The van der Waals surface area contributed by atoms with E-state index in [9.17, 15) is 9.59 Å². The fourth-order valence-corrected chi connectivity index (χ4v) is 2.00. The van der Waals surface area contributed by atoms with Crippen LogP contribution in [0.2, 0.25) is 0 Å². The summed E-state index contributed by atoms with van der Waals surface area (Å²) in [5, 5.41) is 2.88. The number of nitrogens with one attached hydrogen (secondary N) is 1. The van der Waals surface area contributed by atoms with Crippen molar-refractivity contribution in [2.24, 2.45) is 0 Å². The van der Waals surface area contributed by atoms with Gasteiger partial charge >= 0.3 is 0 Å². The summed E-state index contributed by atoms with van der Waals surface area (Å²) in [6.45, 7) is 0.0308. The second-order valence-electron chi connectivity index (χ2n) is 4.39. The topological polar surface area (TPSA) is 51.1 Å². The van der Waals surface area contributed by atoms with Gasteiger partial charge in [0.2, 0.25) is 7.98 Å². The molecule has 6 heteroatoms. The minimum Gasteiger partial charge on any atom is -0.434 e. The largest absolute Gasteiger partial charge is 0.434 e. The Bertz CT molecular complexity index is 668. The third-order valence-electron chi connectivity index (χ3n) is 3.03. The Labute approximate surface area is 122 Å². The average Bonchev–Trinajstić information content (AvgIpc) is 2.49. The van der Waals surface area contributed by atoms with Crippen LogP contribution in [0.15, 0.2) is 47.4 Å². The predicted octanol–water partition coefficient (Wildman–Crippen LogP) is 1.43. The van der Waals surface area contributed by atoms with E-state index in [4.69, 9.17) is 11.6 Å². The number of hydrogen-bond donors (Lipinski definition) is 1. The number of carbonyl (C=O) groups is 1. The SMILES string of the molecule is BNc1ccn(CC(=O)c2ccc(CCl)cc2)c(=O)c1. The third kappa shape index (κ3) is 3.30. The molecule has 0 fully saturated rings. The van der Waals surface area contributed by atoms with Crippen molar-refractivity contribution in [3.8, 4) is 0 Å². The van der Waals surface area contributed by atoms with Gasteiger partial charge in [-0.3, -0.25) is 9.59 Å². The molecular formula is C14H14BClN2O2. The summed E-state index contributed by atoms with van der Waals surface area (Å²) < 4.78 is 1.39. The van der Waals surface area contributed by atoms with Crippen LogP contribution in [0.4, 0.5) is 5.69 Å². The van der Waals surface area contributed by atoms with E-state index < -0.39 is 0 Å². The summed E-state index contributed by atoms with van der Waals surface area (Å²) in [6, 6.07) is 10.3. The smallest absolute Gasteiger partial charge is 0.252 e. The molecule has 0 aliphatic heterocycles. The van der Waals surface area contributed by atoms with E-state index in [0.717, 1.165) is 11.3 Å². The number of Topliss-reactive ketones (excluding diaryl/α,β-unsaturated/α-hetero) is 1. The van der Waals surface area contributed by atoms with Gasteiger partial charge in [-0.25, -0.2) is 0 Å². The van der Waals surface area contributed by atoms with Gasteiger partial charge in [-0.15, -0.1) is 11.6 Å². The summed E-state index contributed by atoms with van der Waals surface area (Å²) in [7, 11) is 1.74. The molecule has 0 saturated heterocycles. The van der Waals surface area contributed by atoms with Gasteiger partial charge in [-0.05, 0) is 11.6 Å². The molecule has 1 heterocycles. The molecule has 0 unspecified atom stereocenters. The first-order chi connectivity index (χ1) is 9.63. The first-order valence-electron chi connectivity index (χ1n) is 6.20. The van der Waals surface area contributed by atoms with Crippen molar-refractivity contribution >= 4 is 31.1 Å². The molecule has 0 aliphatic carbocycles. The molecule has 1 N–H and O–H groups in total. The minimum atomic E-state index is -0.206. The highest BCUT2D eigenvalue weighted by Gasteiger charge is 2.08. The highest BCUT2D eigenvalue weighted by atomic mass is 35.5. The Kier molecular flexibility index (Phi) is 4.63. The van der Waals surface area contributed by atoms with Gasteiger partial charge < -0.3 is 9.79 Å². The zero-order valence-electron chi connectivity index (χ0n) is 11.1. The van der Waals surface area contributed by atoms with Crippen LogP contribution in [0, 0.1) is 0 Å². The van der Waals surface area contributed by atoms with E-state index in [1.54, 1.807) is 32.4 Å². The molecular weight excluding hydrogens is 274 g/mol. The number of benzene rings is 1. The lowest BCUT2D eigenvalue weighted by atomic mass is 10.1. The van der Waals surface area contributed by atoms with Crippen LogP contribution in [-0.2, 0) is 12.4 Å². The number of pyridine rings is 1. The van der Waals surface area contributed by atoms with Crippen molar-refractivity contribution in [3.05, 3.63) is 64.1 Å². The Morgan fingerprint density at radius 3 is 2.50 bits per heavy atom. The van der Waals surface area contributed by atoms with Crippen molar-refractivity contribution in [2.75, 3.05) is 5.23 Å². The van der Waals surface area contributed by atoms with Crippen molar-refractivity contribution in [2.45, 2.75) is 12.4 Å². The monoisotopic (exact) mass is 288 g/mol. The highest BCUT2D eigenvalue weighted by molar-refractivity contribution is 6.17. The molecule has 0 amide bonds. The zero-order valence-corrected chi connectivity index (χ0v) is 11.9. The lowest BCUT2D eigenvalue weighted by Gasteiger charge is -2.07.